The van der Waals surface area contributed by atoms with Crippen molar-refractivity contribution >= 4 is 15.9 Å². The summed E-state index contributed by atoms with van der Waals surface area (Å²) in [5, 5.41) is 7.96. The Bertz CT molecular complexity index is 622. The molecule has 114 valence electrons. The van der Waals surface area contributed by atoms with E-state index in [1.54, 1.807) is 6.07 Å². The first-order valence-electron chi connectivity index (χ1n) is 7.20. The van der Waals surface area contributed by atoms with Gasteiger partial charge in [-0.15, -0.1) is 0 Å². The minimum Gasteiger partial charge on any atom is -0.317 e. The van der Waals surface area contributed by atoms with Crippen LogP contribution in [0.4, 0.5) is 4.39 Å². The third kappa shape index (κ3) is 3.92. The van der Waals surface area contributed by atoms with E-state index in [4.69, 9.17) is 0 Å². The Labute approximate surface area is 133 Å². The summed E-state index contributed by atoms with van der Waals surface area (Å²) in [6, 6.07) is 4.78. The molecule has 21 heavy (non-hydrogen) atoms. The predicted octanol–water partition coefficient (Wildman–Crippen LogP) is 3.60. The van der Waals surface area contributed by atoms with Crippen LogP contribution in [0.5, 0.6) is 0 Å². The molecule has 0 fully saturated rings. The van der Waals surface area contributed by atoms with E-state index in [-0.39, 0.29) is 5.82 Å². The SMILES string of the molecule is CCNCCc1c(C)nn(Cc2ccc(F)cc2Br)c1C. The van der Waals surface area contributed by atoms with Gasteiger partial charge in [0.05, 0.1) is 12.2 Å². The van der Waals surface area contributed by atoms with Crippen molar-refractivity contribution in [1.29, 1.82) is 0 Å². The third-order valence-corrected chi connectivity index (χ3v) is 4.41. The maximum Gasteiger partial charge on any atom is 0.124 e. The van der Waals surface area contributed by atoms with E-state index < -0.39 is 0 Å². The summed E-state index contributed by atoms with van der Waals surface area (Å²) in [6.07, 6.45) is 0.982. The first kappa shape index (κ1) is 16.2. The van der Waals surface area contributed by atoms with Crippen LogP contribution in [0.25, 0.3) is 0 Å². The Hall–Kier alpha value is -1.20. The average Bonchev–Trinajstić information content (AvgIpc) is 2.69. The lowest BCUT2D eigenvalue weighted by molar-refractivity contribution is 0.620. The van der Waals surface area contributed by atoms with Gasteiger partial charge < -0.3 is 5.32 Å². The highest BCUT2D eigenvalue weighted by Crippen LogP contribution is 2.21. The fraction of sp³-hybridized carbons (Fsp3) is 0.438. The third-order valence-electron chi connectivity index (χ3n) is 3.67. The van der Waals surface area contributed by atoms with Gasteiger partial charge in [-0.05, 0) is 56.6 Å². The fourth-order valence-electron chi connectivity index (χ4n) is 2.45. The minimum absolute atomic E-state index is 0.231. The van der Waals surface area contributed by atoms with Crippen LogP contribution < -0.4 is 5.32 Å². The van der Waals surface area contributed by atoms with Crippen LogP contribution in [0.3, 0.4) is 0 Å². The number of likely N-dealkylation sites (N-methyl/N-ethyl adjacent to an activating group) is 1. The zero-order valence-electron chi connectivity index (χ0n) is 12.7. The van der Waals surface area contributed by atoms with Crippen molar-refractivity contribution in [2.75, 3.05) is 13.1 Å². The van der Waals surface area contributed by atoms with E-state index in [2.05, 4.69) is 40.2 Å². The normalized spacial score (nSPS) is 11.1. The maximum absolute atomic E-state index is 13.1. The van der Waals surface area contributed by atoms with Crippen LogP contribution >= 0.6 is 15.9 Å². The highest BCUT2D eigenvalue weighted by molar-refractivity contribution is 9.10. The first-order valence-corrected chi connectivity index (χ1v) is 7.99. The van der Waals surface area contributed by atoms with E-state index in [0.717, 1.165) is 35.2 Å². The number of benzene rings is 1. The molecule has 0 saturated carbocycles. The Morgan fingerprint density at radius 2 is 2.10 bits per heavy atom. The van der Waals surface area contributed by atoms with Gasteiger partial charge in [-0.25, -0.2) is 4.39 Å². The average molecular weight is 354 g/mol. The van der Waals surface area contributed by atoms with E-state index in [0.29, 0.717) is 6.54 Å². The van der Waals surface area contributed by atoms with E-state index in [1.165, 1.54) is 23.4 Å². The standard InChI is InChI=1S/C16H21BrFN3/c1-4-19-8-7-15-11(2)20-21(12(15)3)10-13-5-6-14(18)9-16(13)17/h5-6,9,19H,4,7-8,10H2,1-3H3. The molecule has 0 unspecified atom stereocenters. The van der Waals surface area contributed by atoms with Gasteiger partial charge in [0.1, 0.15) is 5.82 Å². The number of nitrogens with one attached hydrogen (secondary N) is 1. The van der Waals surface area contributed by atoms with Crippen molar-refractivity contribution in [3.05, 3.63) is 51.0 Å². The van der Waals surface area contributed by atoms with Crippen LogP contribution in [0.15, 0.2) is 22.7 Å². The Morgan fingerprint density at radius 3 is 2.76 bits per heavy atom. The van der Waals surface area contributed by atoms with Gasteiger partial charge in [0.15, 0.2) is 0 Å². The lowest BCUT2D eigenvalue weighted by Crippen LogP contribution is -2.16. The molecule has 3 nitrogen and oxygen atoms in total. The van der Waals surface area contributed by atoms with Gasteiger partial charge in [0.2, 0.25) is 0 Å². The van der Waals surface area contributed by atoms with Crippen LogP contribution in [0.1, 0.15) is 29.4 Å². The molecule has 2 aromatic rings. The van der Waals surface area contributed by atoms with Gasteiger partial charge in [0.25, 0.3) is 0 Å². The highest BCUT2D eigenvalue weighted by atomic mass is 79.9. The molecule has 0 bridgehead atoms. The topological polar surface area (TPSA) is 29.9 Å². The second kappa shape index (κ2) is 7.18. The maximum atomic E-state index is 13.1. The van der Waals surface area contributed by atoms with Gasteiger partial charge in [-0.3, -0.25) is 4.68 Å². The van der Waals surface area contributed by atoms with Crippen LogP contribution in [-0.4, -0.2) is 22.9 Å². The number of aryl methyl sites for hydroxylation is 1. The number of nitrogens with zero attached hydrogens (tertiary/aromatic N) is 2. The monoisotopic (exact) mass is 353 g/mol. The molecule has 1 N–H and O–H groups in total. The number of rotatable bonds is 6. The summed E-state index contributed by atoms with van der Waals surface area (Å²) in [4.78, 5) is 0. The molecule has 0 saturated heterocycles. The lowest BCUT2D eigenvalue weighted by atomic mass is 10.1. The van der Waals surface area contributed by atoms with Crippen LogP contribution in [0, 0.1) is 19.7 Å². The number of hydrogen-bond donors (Lipinski definition) is 1. The highest BCUT2D eigenvalue weighted by Gasteiger charge is 2.12. The summed E-state index contributed by atoms with van der Waals surface area (Å²) < 4.78 is 15.9. The molecule has 1 aromatic heterocycles. The smallest absolute Gasteiger partial charge is 0.124 e. The quantitative estimate of drug-likeness (QED) is 0.804. The van der Waals surface area contributed by atoms with Gasteiger partial charge >= 0.3 is 0 Å². The van der Waals surface area contributed by atoms with E-state index in [9.17, 15) is 4.39 Å². The molecule has 1 heterocycles. The summed E-state index contributed by atoms with van der Waals surface area (Å²) >= 11 is 3.41. The molecule has 1 aromatic carbocycles. The Kier molecular flexibility index (Phi) is 5.53. The number of aromatic nitrogens is 2. The van der Waals surface area contributed by atoms with Crippen molar-refractivity contribution in [1.82, 2.24) is 15.1 Å². The Balaban J connectivity index is 2.19. The molecule has 0 aliphatic heterocycles. The summed E-state index contributed by atoms with van der Waals surface area (Å²) in [7, 11) is 0. The van der Waals surface area contributed by atoms with Gasteiger partial charge in [-0.1, -0.05) is 28.9 Å². The number of hydrogen-bond acceptors (Lipinski definition) is 2. The van der Waals surface area contributed by atoms with Gasteiger partial charge in [-0.2, -0.15) is 5.10 Å². The molecule has 5 heteroatoms. The van der Waals surface area contributed by atoms with Crippen molar-refractivity contribution in [3.8, 4) is 0 Å². The van der Waals surface area contributed by atoms with Crippen molar-refractivity contribution in [2.24, 2.45) is 0 Å². The molecule has 0 aliphatic carbocycles. The summed E-state index contributed by atoms with van der Waals surface area (Å²) in [5.74, 6) is -0.231. The summed E-state index contributed by atoms with van der Waals surface area (Å²) in [6.45, 7) is 8.84. The molecule has 0 atom stereocenters. The zero-order chi connectivity index (χ0) is 15.4. The fourth-order valence-corrected chi connectivity index (χ4v) is 2.93. The van der Waals surface area contributed by atoms with Crippen molar-refractivity contribution < 1.29 is 4.39 Å². The molecule has 2 rings (SSSR count). The first-order chi connectivity index (χ1) is 10.0. The molecular weight excluding hydrogens is 333 g/mol. The molecule has 0 spiro atoms. The minimum atomic E-state index is -0.231. The summed E-state index contributed by atoms with van der Waals surface area (Å²) in [5.41, 5.74) is 4.58. The molecule has 0 amide bonds. The van der Waals surface area contributed by atoms with E-state index in [1.807, 2.05) is 11.6 Å². The molecule has 0 aliphatic rings. The van der Waals surface area contributed by atoms with Crippen molar-refractivity contribution in [2.45, 2.75) is 33.7 Å². The van der Waals surface area contributed by atoms with Gasteiger partial charge in [0, 0.05) is 10.2 Å². The second-order valence-electron chi connectivity index (χ2n) is 5.15. The van der Waals surface area contributed by atoms with Crippen molar-refractivity contribution in [3.63, 3.8) is 0 Å². The van der Waals surface area contributed by atoms with Crippen LogP contribution in [-0.2, 0) is 13.0 Å². The zero-order valence-corrected chi connectivity index (χ0v) is 14.3. The van der Waals surface area contributed by atoms with E-state index >= 15 is 0 Å². The molecule has 0 radical (unpaired) electrons. The largest absolute Gasteiger partial charge is 0.317 e. The predicted molar refractivity (Wildman–Crippen MR) is 87.2 cm³/mol. The number of halogens is 2. The molecular formula is C16H21BrFN3. The second-order valence-corrected chi connectivity index (χ2v) is 6.00. The Morgan fingerprint density at radius 1 is 1.33 bits per heavy atom. The van der Waals surface area contributed by atoms with Crippen LogP contribution in [0.2, 0.25) is 0 Å². The lowest BCUT2D eigenvalue weighted by Gasteiger charge is -2.08.